The number of hydrogen-bond donors (Lipinski definition) is 1. The van der Waals surface area contributed by atoms with E-state index in [1.165, 1.54) is 24.9 Å². The molecular weight excluding hydrogens is 332 g/mol. The molecule has 0 amide bonds. The Morgan fingerprint density at radius 2 is 2.38 bits per heavy atom. The highest BCUT2D eigenvalue weighted by atomic mass is 79.9. The highest BCUT2D eigenvalue weighted by Crippen LogP contribution is 2.27. The summed E-state index contributed by atoms with van der Waals surface area (Å²) in [7, 11) is 1.67. The standard InChI is InChI=1S/C16H23BrN2O2/c1-20-15-5-4-11(7-13(15)17)8-14(18)16-9-19-6-2-3-12(19)10-21-16/h4-5,7,12,14,16H,2-3,6,8-10,18H2,1H3. The maximum absolute atomic E-state index is 6.39. The molecule has 0 aliphatic carbocycles. The van der Waals surface area contributed by atoms with Crippen molar-refractivity contribution in [2.24, 2.45) is 5.73 Å². The Labute approximate surface area is 134 Å². The normalized spacial score (nSPS) is 27.4. The summed E-state index contributed by atoms with van der Waals surface area (Å²) in [6.07, 6.45) is 3.53. The zero-order valence-electron chi connectivity index (χ0n) is 12.4. The van der Waals surface area contributed by atoms with Crippen LogP contribution in [0.5, 0.6) is 5.75 Å². The van der Waals surface area contributed by atoms with Crippen LogP contribution >= 0.6 is 15.9 Å². The fraction of sp³-hybridized carbons (Fsp3) is 0.625. The van der Waals surface area contributed by atoms with Gasteiger partial charge in [0.2, 0.25) is 0 Å². The highest BCUT2D eigenvalue weighted by molar-refractivity contribution is 9.10. The number of hydrogen-bond acceptors (Lipinski definition) is 4. The molecule has 2 aliphatic heterocycles. The van der Waals surface area contributed by atoms with Gasteiger partial charge in [0.05, 0.1) is 24.3 Å². The van der Waals surface area contributed by atoms with Crippen LogP contribution in [-0.2, 0) is 11.2 Å². The molecule has 2 fully saturated rings. The molecule has 2 saturated heterocycles. The molecule has 1 aromatic rings. The van der Waals surface area contributed by atoms with Gasteiger partial charge in [0.1, 0.15) is 5.75 Å². The van der Waals surface area contributed by atoms with Gasteiger partial charge >= 0.3 is 0 Å². The van der Waals surface area contributed by atoms with Crippen LogP contribution in [0.4, 0.5) is 0 Å². The molecule has 3 atom stereocenters. The molecule has 2 N–H and O–H groups in total. The van der Waals surface area contributed by atoms with E-state index in [1.807, 2.05) is 6.07 Å². The Morgan fingerprint density at radius 3 is 3.14 bits per heavy atom. The van der Waals surface area contributed by atoms with Crippen LogP contribution in [0.3, 0.4) is 0 Å². The molecule has 3 unspecified atom stereocenters. The van der Waals surface area contributed by atoms with Gasteiger partial charge in [-0.2, -0.15) is 0 Å². The van der Waals surface area contributed by atoms with E-state index in [-0.39, 0.29) is 12.1 Å². The molecule has 0 radical (unpaired) electrons. The number of morpholine rings is 1. The van der Waals surface area contributed by atoms with Crippen LogP contribution in [0, 0.1) is 0 Å². The zero-order chi connectivity index (χ0) is 14.8. The summed E-state index contributed by atoms with van der Waals surface area (Å²) in [5, 5.41) is 0. The maximum atomic E-state index is 6.39. The summed E-state index contributed by atoms with van der Waals surface area (Å²) in [5.41, 5.74) is 7.60. The number of rotatable bonds is 4. The van der Waals surface area contributed by atoms with Crippen molar-refractivity contribution in [1.82, 2.24) is 4.90 Å². The van der Waals surface area contributed by atoms with Crippen LogP contribution in [-0.4, -0.2) is 49.9 Å². The first kappa shape index (κ1) is 15.3. The fourth-order valence-electron chi connectivity index (χ4n) is 3.34. The molecule has 0 bridgehead atoms. The van der Waals surface area contributed by atoms with E-state index in [0.717, 1.165) is 29.8 Å². The van der Waals surface area contributed by atoms with Crippen molar-refractivity contribution in [1.29, 1.82) is 0 Å². The van der Waals surface area contributed by atoms with Gasteiger partial charge in [-0.3, -0.25) is 4.90 Å². The van der Waals surface area contributed by atoms with E-state index < -0.39 is 0 Å². The molecule has 1 aromatic carbocycles. The first-order chi connectivity index (χ1) is 10.2. The Balaban J connectivity index is 1.60. The van der Waals surface area contributed by atoms with Crippen molar-refractivity contribution in [3.8, 4) is 5.75 Å². The Bertz CT molecular complexity index is 497. The van der Waals surface area contributed by atoms with E-state index >= 15 is 0 Å². The number of methoxy groups -OCH3 is 1. The predicted molar refractivity (Wildman–Crippen MR) is 86.7 cm³/mol. The first-order valence-corrected chi connectivity index (χ1v) is 8.40. The van der Waals surface area contributed by atoms with Crippen LogP contribution in [0.25, 0.3) is 0 Å². The molecule has 116 valence electrons. The lowest BCUT2D eigenvalue weighted by Crippen LogP contribution is -2.53. The second-order valence-electron chi connectivity index (χ2n) is 6.00. The van der Waals surface area contributed by atoms with Gasteiger partial charge in [0.25, 0.3) is 0 Å². The van der Waals surface area contributed by atoms with Gasteiger partial charge in [0, 0.05) is 18.6 Å². The average molecular weight is 355 g/mol. The van der Waals surface area contributed by atoms with E-state index in [9.17, 15) is 0 Å². The molecule has 5 heteroatoms. The summed E-state index contributed by atoms with van der Waals surface area (Å²) >= 11 is 3.52. The third kappa shape index (κ3) is 3.42. The second-order valence-corrected chi connectivity index (χ2v) is 6.85. The average Bonchev–Trinajstić information content (AvgIpc) is 2.94. The molecule has 2 aliphatic rings. The number of fused-ring (bicyclic) bond motifs is 1. The fourth-order valence-corrected chi connectivity index (χ4v) is 3.93. The lowest BCUT2D eigenvalue weighted by Gasteiger charge is -2.37. The van der Waals surface area contributed by atoms with E-state index in [1.54, 1.807) is 7.11 Å². The molecule has 3 rings (SSSR count). The van der Waals surface area contributed by atoms with Gasteiger partial charge in [0.15, 0.2) is 0 Å². The Kier molecular flexibility index (Phi) is 4.84. The summed E-state index contributed by atoms with van der Waals surface area (Å²) in [5.74, 6) is 0.848. The molecule has 0 spiro atoms. The number of halogens is 1. The van der Waals surface area contributed by atoms with Crippen molar-refractivity contribution < 1.29 is 9.47 Å². The topological polar surface area (TPSA) is 47.7 Å². The smallest absolute Gasteiger partial charge is 0.133 e. The van der Waals surface area contributed by atoms with Gasteiger partial charge in [-0.25, -0.2) is 0 Å². The molecule has 21 heavy (non-hydrogen) atoms. The maximum Gasteiger partial charge on any atom is 0.133 e. The second kappa shape index (κ2) is 6.65. The third-order valence-corrected chi connectivity index (χ3v) is 5.20. The number of benzene rings is 1. The zero-order valence-corrected chi connectivity index (χ0v) is 14.0. The predicted octanol–water partition coefficient (Wildman–Crippen LogP) is 2.19. The summed E-state index contributed by atoms with van der Waals surface area (Å²) < 4.78 is 12.2. The SMILES string of the molecule is COc1ccc(CC(N)C2CN3CCCC3CO2)cc1Br. The minimum atomic E-state index is 0.0341. The quantitative estimate of drug-likeness (QED) is 0.900. The molecule has 0 aromatic heterocycles. The van der Waals surface area contributed by atoms with Crippen molar-refractivity contribution in [2.75, 3.05) is 26.8 Å². The largest absolute Gasteiger partial charge is 0.496 e. The summed E-state index contributed by atoms with van der Waals surface area (Å²) in [6.45, 7) is 3.01. The van der Waals surface area contributed by atoms with Gasteiger partial charge < -0.3 is 15.2 Å². The van der Waals surface area contributed by atoms with Crippen LogP contribution in [0.2, 0.25) is 0 Å². The van der Waals surface area contributed by atoms with Crippen LogP contribution < -0.4 is 10.5 Å². The number of ether oxygens (including phenoxy) is 2. The third-order valence-electron chi connectivity index (χ3n) is 4.58. The minimum absolute atomic E-state index is 0.0341. The minimum Gasteiger partial charge on any atom is -0.496 e. The Hall–Kier alpha value is -0.620. The van der Waals surface area contributed by atoms with Crippen molar-refractivity contribution in [2.45, 2.75) is 37.5 Å². The van der Waals surface area contributed by atoms with Crippen LogP contribution in [0.1, 0.15) is 18.4 Å². The number of nitrogens with zero attached hydrogens (tertiary/aromatic N) is 1. The van der Waals surface area contributed by atoms with Crippen molar-refractivity contribution >= 4 is 15.9 Å². The monoisotopic (exact) mass is 354 g/mol. The molecule has 2 heterocycles. The van der Waals surface area contributed by atoms with Gasteiger partial charge in [-0.1, -0.05) is 6.07 Å². The lowest BCUT2D eigenvalue weighted by molar-refractivity contribution is -0.0589. The van der Waals surface area contributed by atoms with E-state index in [0.29, 0.717) is 6.04 Å². The molecule has 4 nitrogen and oxygen atoms in total. The van der Waals surface area contributed by atoms with Crippen molar-refractivity contribution in [3.63, 3.8) is 0 Å². The van der Waals surface area contributed by atoms with Gasteiger partial charge in [-0.15, -0.1) is 0 Å². The lowest BCUT2D eigenvalue weighted by atomic mass is 10.00. The summed E-state index contributed by atoms with van der Waals surface area (Å²) in [4.78, 5) is 2.54. The Morgan fingerprint density at radius 1 is 1.52 bits per heavy atom. The van der Waals surface area contributed by atoms with Crippen LogP contribution in [0.15, 0.2) is 22.7 Å². The molecular formula is C16H23BrN2O2. The van der Waals surface area contributed by atoms with Gasteiger partial charge in [-0.05, 0) is 59.4 Å². The summed E-state index contributed by atoms with van der Waals surface area (Å²) in [6, 6.07) is 6.80. The highest BCUT2D eigenvalue weighted by Gasteiger charge is 2.34. The van der Waals surface area contributed by atoms with Crippen molar-refractivity contribution in [3.05, 3.63) is 28.2 Å². The van der Waals surface area contributed by atoms with E-state index in [4.69, 9.17) is 15.2 Å². The van der Waals surface area contributed by atoms with E-state index in [2.05, 4.69) is 33.0 Å². The number of nitrogens with two attached hydrogens (primary N) is 1. The molecule has 0 saturated carbocycles. The first-order valence-electron chi connectivity index (χ1n) is 7.61.